The van der Waals surface area contributed by atoms with Crippen LogP contribution in [0, 0.1) is 3.57 Å². The van der Waals surface area contributed by atoms with Gasteiger partial charge in [0.1, 0.15) is 5.70 Å². The minimum Gasteiger partial charge on any atom is -0.454 e. The van der Waals surface area contributed by atoms with Gasteiger partial charge >= 0.3 is 0 Å². The molecule has 0 saturated carbocycles. The third-order valence-corrected chi connectivity index (χ3v) is 8.69. The van der Waals surface area contributed by atoms with Gasteiger partial charge in [0, 0.05) is 26.1 Å². The molecule has 2 N–H and O–H groups in total. The first-order valence-corrected chi connectivity index (χ1v) is 15.5. The van der Waals surface area contributed by atoms with Crippen LogP contribution in [0.3, 0.4) is 0 Å². The smallest absolute Gasteiger partial charge is 0.272 e. The molecule has 4 amide bonds. The normalized spacial score (nSPS) is 15.8. The van der Waals surface area contributed by atoms with Gasteiger partial charge in [-0.3, -0.25) is 19.2 Å². The number of carbonyl (C=O) groups is 4. The van der Waals surface area contributed by atoms with E-state index in [4.69, 9.17) is 9.47 Å². The van der Waals surface area contributed by atoms with Crippen molar-refractivity contribution < 1.29 is 28.7 Å². The molecule has 2 aliphatic heterocycles. The molecule has 4 aromatic rings. The molecular weight excluding hydrogens is 693 g/mol. The van der Waals surface area contributed by atoms with Crippen molar-refractivity contribution in [2.75, 3.05) is 17.0 Å². The van der Waals surface area contributed by atoms with Gasteiger partial charge in [-0.2, -0.15) is 0 Å². The van der Waals surface area contributed by atoms with Crippen LogP contribution in [0.15, 0.2) is 108 Å². The van der Waals surface area contributed by atoms with Crippen LogP contribution in [0.25, 0.3) is 6.08 Å². The molecule has 1 atom stereocenters. The van der Waals surface area contributed by atoms with Crippen LogP contribution in [0.4, 0.5) is 11.4 Å². The topological polar surface area (TPSA) is 114 Å². The summed E-state index contributed by atoms with van der Waals surface area (Å²) in [5.74, 6) is -0.401. The molecule has 0 radical (unpaired) electrons. The zero-order chi connectivity index (χ0) is 30.6. The Morgan fingerprint density at radius 3 is 2.45 bits per heavy atom. The quantitative estimate of drug-likeness (QED) is 0.134. The van der Waals surface area contributed by atoms with Gasteiger partial charge in [-0.1, -0.05) is 30.3 Å². The first-order chi connectivity index (χ1) is 21.3. The second-order valence-corrected chi connectivity index (χ2v) is 12.3. The van der Waals surface area contributed by atoms with Gasteiger partial charge in [0.15, 0.2) is 11.5 Å². The number of fused-ring (bicyclic) bond motifs is 1. The van der Waals surface area contributed by atoms with Gasteiger partial charge in [-0.05, 0) is 101 Å². The number of benzene rings is 4. The van der Waals surface area contributed by atoms with Crippen LogP contribution in [-0.4, -0.2) is 35.7 Å². The fourth-order valence-corrected chi connectivity index (χ4v) is 6.15. The van der Waals surface area contributed by atoms with Crippen LogP contribution in [0.1, 0.15) is 22.3 Å². The van der Waals surface area contributed by atoms with E-state index in [2.05, 4.69) is 33.2 Å². The number of ether oxygens (including phenoxy) is 2. The van der Waals surface area contributed by atoms with Crippen molar-refractivity contribution in [1.29, 1.82) is 0 Å². The van der Waals surface area contributed by atoms with Crippen molar-refractivity contribution in [2.45, 2.75) is 16.6 Å². The lowest BCUT2D eigenvalue weighted by molar-refractivity contribution is -0.121. The van der Waals surface area contributed by atoms with Gasteiger partial charge in [0.05, 0.1) is 10.9 Å². The van der Waals surface area contributed by atoms with E-state index in [-0.39, 0.29) is 30.7 Å². The highest BCUT2D eigenvalue weighted by Gasteiger charge is 2.40. The summed E-state index contributed by atoms with van der Waals surface area (Å²) in [5, 5.41) is 4.97. The van der Waals surface area contributed by atoms with Gasteiger partial charge < -0.3 is 20.1 Å². The Morgan fingerprint density at radius 2 is 1.66 bits per heavy atom. The lowest BCUT2D eigenvalue weighted by atomic mass is 10.1. The molecule has 0 bridgehead atoms. The van der Waals surface area contributed by atoms with Crippen molar-refractivity contribution in [3.05, 3.63) is 117 Å². The van der Waals surface area contributed by atoms with E-state index in [0.717, 1.165) is 3.57 Å². The Kier molecular flexibility index (Phi) is 8.66. The number of hydrogen-bond donors (Lipinski definition) is 2. The predicted molar refractivity (Wildman–Crippen MR) is 175 cm³/mol. The van der Waals surface area contributed by atoms with E-state index in [1.807, 2.05) is 18.2 Å². The monoisotopic (exact) mass is 717 g/mol. The van der Waals surface area contributed by atoms with E-state index in [1.165, 1.54) is 16.7 Å². The minimum absolute atomic E-state index is 0.0144. The number of amides is 4. The number of thioether (sulfide) groups is 1. The highest BCUT2D eigenvalue weighted by Crippen LogP contribution is 2.35. The maximum absolute atomic E-state index is 13.5. The Bertz CT molecular complexity index is 1800. The van der Waals surface area contributed by atoms with Crippen molar-refractivity contribution in [3.63, 3.8) is 0 Å². The molecule has 0 spiro atoms. The number of halogens is 1. The molecule has 4 aromatic carbocycles. The summed E-state index contributed by atoms with van der Waals surface area (Å²) < 4.78 is 11.8. The van der Waals surface area contributed by atoms with Crippen LogP contribution in [-0.2, 0) is 14.4 Å². The maximum atomic E-state index is 13.5. The molecular formula is C33H24IN3O6S. The number of carbonyl (C=O) groups excluding carboxylic acids is 4. The number of hydrogen-bond acceptors (Lipinski definition) is 7. The second-order valence-electron chi connectivity index (χ2n) is 9.83. The van der Waals surface area contributed by atoms with Crippen molar-refractivity contribution >= 4 is 75.4 Å². The Balaban J connectivity index is 1.19. The number of imide groups is 1. The van der Waals surface area contributed by atoms with Gasteiger partial charge in [0.2, 0.25) is 18.6 Å². The number of rotatable bonds is 8. The standard InChI is InChI=1S/C33H24IN3O6S/c34-22-10-12-24(13-11-22)37-30(38)18-29(33(37)41)44-25-8-4-7-23(17-25)35-32(40)26(36-31(39)21-5-2-1-3-6-21)15-20-9-14-27-28(16-20)43-19-42-27/h1-17,29H,18-19H2,(H,35,40)(H,36,39)/b26-15-. The van der Waals surface area contributed by atoms with Gasteiger partial charge in [0.25, 0.3) is 11.8 Å². The van der Waals surface area contributed by atoms with Gasteiger partial charge in [-0.25, -0.2) is 4.90 Å². The highest BCUT2D eigenvalue weighted by molar-refractivity contribution is 14.1. The van der Waals surface area contributed by atoms with E-state index in [9.17, 15) is 19.2 Å². The van der Waals surface area contributed by atoms with Crippen molar-refractivity contribution in [1.82, 2.24) is 5.32 Å². The number of nitrogens with zero attached hydrogens (tertiary/aromatic N) is 1. The fourth-order valence-electron chi connectivity index (χ4n) is 4.68. The number of nitrogens with one attached hydrogen (secondary N) is 2. The van der Waals surface area contributed by atoms with Gasteiger partial charge in [-0.15, -0.1) is 11.8 Å². The summed E-state index contributed by atoms with van der Waals surface area (Å²) in [6.07, 6.45) is 1.62. The molecule has 9 nitrogen and oxygen atoms in total. The summed E-state index contributed by atoms with van der Waals surface area (Å²) in [6.45, 7) is 0.110. The molecule has 1 fully saturated rings. The molecule has 1 unspecified atom stereocenters. The molecule has 2 heterocycles. The van der Waals surface area contributed by atoms with Crippen molar-refractivity contribution in [2.24, 2.45) is 0 Å². The SMILES string of the molecule is O=C(Nc1cccc(SC2CC(=O)N(c3ccc(I)cc3)C2=O)c1)/C(=C/c1ccc2c(c1)OCO2)NC(=O)c1ccccc1. The molecule has 220 valence electrons. The zero-order valence-electron chi connectivity index (χ0n) is 23.0. The summed E-state index contributed by atoms with van der Waals surface area (Å²) in [7, 11) is 0. The average molecular weight is 718 g/mol. The summed E-state index contributed by atoms with van der Waals surface area (Å²) >= 11 is 3.43. The largest absolute Gasteiger partial charge is 0.454 e. The zero-order valence-corrected chi connectivity index (χ0v) is 26.0. The van der Waals surface area contributed by atoms with E-state index in [0.29, 0.717) is 38.9 Å². The number of anilines is 2. The first kappa shape index (κ1) is 29.5. The Hall–Kier alpha value is -4.62. The molecule has 0 aromatic heterocycles. The third-order valence-electron chi connectivity index (χ3n) is 6.80. The lowest BCUT2D eigenvalue weighted by Crippen LogP contribution is -2.31. The molecule has 6 rings (SSSR count). The first-order valence-electron chi connectivity index (χ1n) is 13.5. The predicted octanol–water partition coefficient (Wildman–Crippen LogP) is 5.85. The summed E-state index contributed by atoms with van der Waals surface area (Å²) in [5.41, 5.74) is 2.03. The van der Waals surface area contributed by atoms with Crippen LogP contribution in [0.2, 0.25) is 0 Å². The molecule has 0 aliphatic carbocycles. The molecule has 44 heavy (non-hydrogen) atoms. The Morgan fingerprint density at radius 1 is 0.886 bits per heavy atom. The fraction of sp³-hybridized carbons (Fsp3) is 0.0909. The molecule has 1 saturated heterocycles. The third kappa shape index (κ3) is 6.63. The summed E-state index contributed by atoms with van der Waals surface area (Å²) in [6, 6.07) is 28.0. The van der Waals surface area contributed by atoms with Crippen LogP contribution >= 0.6 is 34.4 Å². The van der Waals surface area contributed by atoms with Crippen LogP contribution in [0.5, 0.6) is 11.5 Å². The maximum Gasteiger partial charge on any atom is 0.272 e. The second kappa shape index (κ2) is 12.9. The lowest BCUT2D eigenvalue weighted by Gasteiger charge is -2.15. The average Bonchev–Trinajstić information content (AvgIpc) is 3.60. The minimum atomic E-state index is -0.598. The Labute approximate surface area is 270 Å². The molecule has 11 heteroatoms. The highest BCUT2D eigenvalue weighted by atomic mass is 127. The van der Waals surface area contributed by atoms with Crippen LogP contribution < -0.4 is 25.0 Å². The van der Waals surface area contributed by atoms with E-state index in [1.54, 1.807) is 84.9 Å². The van der Waals surface area contributed by atoms with E-state index >= 15 is 0 Å². The van der Waals surface area contributed by atoms with E-state index < -0.39 is 17.1 Å². The molecule has 2 aliphatic rings. The summed E-state index contributed by atoms with van der Waals surface area (Å²) in [4.78, 5) is 54.4. The van der Waals surface area contributed by atoms with Crippen molar-refractivity contribution in [3.8, 4) is 11.5 Å².